The molecular weight excluding hydrogens is 581 g/mol. The molecule has 10 rings (SSSR count). The van der Waals surface area contributed by atoms with Crippen LogP contribution in [-0.4, -0.2) is 0 Å². The summed E-state index contributed by atoms with van der Waals surface area (Å²) in [6, 6.07) is 63.8. The van der Waals surface area contributed by atoms with Gasteiger partial charge >= 0.3 is 0 Å². The van der Waals surface area contributed by atoms with Gasteiger partial charge in [0.1, 0.15) is 11.5 Å². The highest BCUT2D eigenvalue weighted by molar-refractivity contribution is 6.17. The zero-order valence-electron chi connectivity index (χ0n) is 26.2. The molecule has 0 saturated carbocycles. The van der Waals surface area contributed by atoms with Crippen LogP contribution in [0.15, 0.2) is 176 Å². The third-order valence-electron chi connectivity index (χ3n) is 10.2. The molecule has 224 valence electrons. The van der Waals surface area contributed by atoms with Crippen molar-refractivity contribution in [2.45, 2.75) is 5.92 Å². The molecule has 0 amide bonds. The fraction of sp³-hybridized carbons (Fsp3) is 0.0213. The van der Waals surface area contributed by atoms with Gasteiger partial charge in [-0.1, -0.05) is 176 Å². The number of hydrogen-bond acceptors (Lipinski definition) is 1. The molecule has 9 aromatic carbocycles. The van der Waals surface area contributed by atoms with E-state index in [2.05, 4.69) is 176 Å². The molecule has 0 fully saturated rings. The number of hydrogen-bond donors (Lipinski definition) is 0. The zero-order valence-corrected chi connectivity index (χ0v) is 26.2. The minimum atomic E-state index is -0.0257. The third-order valence-corrected chi connectivity index (χ3v) is 10.2. The topological polar surface area (TPSA) is 9.23 Å². The molecule has 0 aromatic heterocycles. The predicted molar refractivity (Wildman–Crippen MR) is 201 cm³/mol. The van der Waals surface area contributed by atoms with E-state index in [-0.39, 0.29) is 5.92 Å². The summed E-state index contributed by atoms with van der Waals surface area (Å²) in [6.07, 6.45) is 0. The molecule has 1 aliphatic heterocycles. The Morgan fingerprint density at radius 2 is 0.583 bits per heavy atom. The molecule has 1 aliphatic rings. The fourth-order valence-electron chi connectivity index (χ4n) is 8.00. The standard InChI is InChI=1S/C47H30O/c1-2-12-30(13-3-1)31-22-24-32(25-23-31)33-26-28-34(29-27-33)43-44-39-18-8-4-14-35(39)37-16-6-10-20-41(37)46(44)48-47-42-21-11-7-17-38(42)36-15-5-9-19-40(36)45(43)47/h1-29,43H. The van der Waals surface area contributed by atoms with Crippen LogP contribution in [0.4, 0.5) is 0 Å². The molecule has 0 bridgehead atoms. The second-order valence-electron chi connectivity index (χ2n) is 12.8. The lowest BCUT2D eigenvalue weighted by atomic mass is 9.76. The molecule has 0 saturated heterocycles. The Bertz CT molecular complexity index is 2540. The van der Waals surface area contributed by atoms with E-state index in [0.29, 0.717) is 0 Å². The van der Waals surface area contributed by atoms with Crippen LogP contribution in [0, 0.1) is 0 Å². The molecule has 1 heterocycles. The molecule has 0 spiro atoms. The highest BCUT2D eigenvalue weighted by Gasteiger charge is 2.35. The second-order valence-corrected chi connectivity index (χ2v) is 12.8. The molecular formula is C47H30O. The Balaban J connectivity index is 1.23. The van der Waals surface area contributed by atoms with Crippen molar-refractivity contribution in [3.63, 3.8) is 0 Å². The van der Waals surface area contributed by atoms with Crippen molar-refractivity contribution in [2.75, 3.05) is 0 Å². The Morgan fingerprint density at radius 1 is 0.271 bits per heavy atom. The molecule has 9 aromatic rings. The van der Waals surface area contributed by atoms with Gasteiger partial charge in [-0.05, 0) is 60.1 Å². The summed E-state index contributed by atoms with van der Waals surface area (Å²) in [5.74, 6) is 1.90. The average Bonchev–Trinajstić information content (AvgIpc) is 3.18. The van der Waals surface area contributed by atoms with Crippen molar-refractivity contribution in [3.8, 4) is 33.8 Å². The minimum absolute atomic E-state index is 0.0257. The maximum atomic E-state index is 7.21. The summed E-state index contributed by atoms with van der Waals surface area (Å²) < 4.78 is 7.21. The molecule has 0 aliphatic carbocycles. The first kappa shape index (κ1) is 27.0. The third kappa shape index (κ3) is 4.04. The van der Waals surface area contributed by atoms with E-state index >= 15 is 0 Å². The van der Waals surface area contributed by atoms with Crippen molar-refractivity contribution in [1.82, 2.24) is 0 Å². The first-order valence-corrected chi connectivity index (χ1v) is 16.6. The van der Waals surface area contributed by atoms with Crippen LogP contribution in [0.2, 0.25) is 0 Å². The van der Waals surface area contributed by atoms with Gasteiger partial charge in [0.05, 0.1) is 0 Å². The van der Waals surface area contributed by atoms with Gasteiger partial charge < -0.3 is 4.74 Å². The SMILES string of the molecule is c1ccc(-c2ccc(-c3ccc(C4c5c(c6ccccc6c6ccccc56)Oc5c4c4ccccc4c4ccccc54)cc3)cc2)cc1. The molecule has 48 heavy (non-hydrogen) atoms. The number of ether oxygens (including phenoxy) is 1. The lowest BCUT2D eigenvalue weighted by Gasteiger charge is -2.33. The minimum Gasteiger partial charge on any atom is -0.455 e. The first-order chi connectivity index (χ1) is 23.8. The van der Waals surface area contributed by atoms with E-state index < -0.39 is 0 Å². The largest absolute Gasteiger partial charge is 0.455 e. The number of fused-ring (bicyclic) bond motifs is 12. The summed E-state index contributed by atoms with van der Waals surface area (Å²) in [4.78, 5) is 0. The summed E-state index contributed by atoms with van der Waals surface area (Å²) in [5.41, 5.74) is 8.60. The number of rotatable bonds is 3. The van der Waals surface area contributed by atoms with Crippen molar-refractivity contribution in [1.29, 1.82) is 0 Å². The lowest BCUT2D eigenvalue weighted by Crippen LogP contribution is -2.14. The van der Waals surface area contributed by atoms with E-state index in [1.54, 1.807) is 0 Å². The quantitative estimate of drug-likeness (QED) is 0.181. The fourth-order valence-corrected chi connectivity index (χ4v) is 8.00. The van der Waals surface area contributed by atoms with Crippen LogP contribution in [0.25, 0.3) is 65.3 Å². The molecule has 0 unspecified atom stereocenters. The van der Waals surface area contributed by atoms with E-state index in [1.165, 1.54) is 71.3 Å². The van der Waals surface area contributed by atoms with E-state index in [4.69, 9.17) is 4.74 Å². The van der Waals surface area contributed by atoms with Gasteiger partial charge in [-0.2, -0.15) is 0 Å². The monoisotopic (exact) mass is 610 g/mol. The lowest BCUT2D eigenvalue weighted by molar-refractivity contribution is 0.467. The summed E-state index contributed by atoms with van der Waals surface area (Å²) in [6.45, 7) is 0. The summed E-state index contributed by atoms with van der Waals surface area (Å²) in [5, 5.41) is 9.71. The van der Waals surface area contributed by atoms with Gasteiger partial charge in [0.25, 0.3) is 0 Å². The molecule has 0 N–H and O–H groups in total. The second kappa shape index (κ2) is 10.7. The Morgan fingerprint density at radius 3 is 1.02 bits per heavy atom. The van der Waals surface area contributed by atoms with Gasteiger partial charge in [-0.3, -0.25) is 0 Å². The van der Waals surface area contributed by atoms with Crippen LogP contribution >= 0.6 is 0 Å². The summed E-state index contributed by atoms with van der Waals surface area (Å²) in [7, 11) is 0. The molecule has 1 heteroatoms. The van der Waals surface area contributed by atoms with Gasteiger partial charge in [-0.25, -0.2) is 0 Å². The highest BCUT2D eigenvalue weighted by atomic mass is 16.5. The van der Waals surface area contributed by atoms with Crippen molar-refractivity contribution in [2.24, 2.45) is 0 Å². The number of benzene rings is 9. The van der Waals surface area contributed by atoms with Crippen LogP contribution in [0.1, 0.15) is 22.6 Å². The van der Waals surface area contributed by atoms with Crippen molar-refractivity contribution < 1.29 is 4.74 Å². The van der Waals surface area contributed by atoms with Gasteiger partial charge in [0.15, 0.2) is 0 Å². The van der Waals surface area contributed by atoms with Crippen LogP contribution in [-0.2, 0) is 0 Å². The zero-order chi connectivity index (χ0) is 31.6. The van der Waals surface area contributed by atoms with Crippen LogP contribution < -0.4 is 4.74 Å². The maximum Gasteiger partial charge on any atom is 0.140 e. The average molecular weight is 611 g/mol. The summed E-state index contributed by atoms with van der Waals surface area (Å²) >= 11 is 0. The van der Waals surface area contributed by atoms with E-state index in [0.717, 1.165) is 22.3 Å². The Labute approximate surface area is 279 Å². The first-order valence-electron chi connectivity index (χ1n) is 16.6. The van der Waals surface area contributed by atoms with Crippen LogP contribution in [0.3, 0.4) is 0 Å². The van der Waals surface area contributed by atoms with Gasteiger partial charge in [-0.15, -0.1) is 0 Å². The van der Waals surface area contributed by atoms with Crippen molar-refractivity contribution >= 4 is 43.1 Å². The molecule has 0 radical (unpaired) electrons. The van der Waals surface area contributed by atoms with Gasteiger partial charge in [0.2, 0.25) is 0 Å². The normalized spacial score (nSPS) is 12.7. The molecule has 1 nitrogen and oxygen atoms in total. The highest BCUT2D eigenvalue weighted by Crippen LogP contribution is 2.57. The van der Waals surface area contributed by atoms with E-state index in [1.807, 2.05) is 0 Å². The van der Waals surface area contributed by atoms with E-state index in [9.17, 15) is 0 Å². The van der Waals surface area contributed by atoms with Crippen LogP contribution in [0.5, 0.6) is 11.5 Å². The maximum absolute atomic E-state index is 7.21. The molecule has 0 atom stereocenters. The Hall–Kier alpha value is -6.18. The smallest absolute Gasteiger partial charge is 0.140 e. The van der Waals surface area contributed by atoms with Gasteiger partial charge in [0, 0.05) is 27.8 Å². The van der Waals surface area contributed by atoms with Crippen molar-refractivity contribution in [3.05, 3.63) is 193 Å². The predicted octanol–water partition coefficient (Wildman–Crippen LogP) is 12.9. The Kier molecular flexibility index (Phi) is 6.01.